The van der Waals surface area contributed by atoms with Gasteiger partial charge in [-0.25, -0.2) is 16.8 Å². The van der Waals surface area contributed by atoms with Crippen molar-refractivity contribution in [3.8, 4) is 0 Å². The molecule has 0 atom stereocenters. The minimum Gasteiger partial charge on any atom is -0.871 e. The van der Waals surface area contributed by atoms with Crippen LogP contribution in [0.3, 0.4) is 0 Å². The fourth-order valence-corrected chi connectivity index (χ4v) is 7.48. The van der Waals surface area contributed by atoms with Gasteiger partial charge in [-0.3, -0.25) is 4.79 Å². The van der Waals surface area contributed by atoms with E-state index in [2.05, 4.69) is 0 Å². The van der Waals surface area contributed by atoms with E-state index >= 15 is 0 Å². The van der Waals surface area contributed by atoms with Crippen LogP contribution in [0.15, 0.2) is 73.7 Å². The van der Waals surface area contributed by atoms with E-state index in [1.54, 1.807) is 6.92 Å². The zero-order valence-electron chi connectivity index (χ0n) is 17.6. The van der Waals surface area contributed by atoms with Gasteiger partial charge in [-0.2, -0.15) is 0 Å². The van der Waals surface area contributed by atoms with Crippen molar-refractivity contribution in [3.05, 3.63) is 95.2 Å². The molecule has 0 bridgehead atoms. The molecule has 2 aromatic carbocycles. The van der Waals surface area contributed by atoms with Crippen LogP contribution >= 0.6 is 46.4 Å². The van der Waals surface area contributed by atoms with Crippen molar-refractivity contribution < 1.29 is 26.7 Å². The van der Waals surface area contributed by atoms with E-state index in [1.165, 1.54) is 24.3 Å². The molecular weight excluding hydrogens is 578 g/mol. The van der Waals surface area contributed by atoms with Crippen molar-refractivity contribution in [2.45, 2.75) is 23.1 Å². The maximum absolute atomic E-state index is 12.8. The summed E-state index contributed by atoms with van der Waals surface area (Å²) in [6.45, 7) is 1.73. The fraction of sp³-hybridized carbons (Fsp3) is 0.0870. The van der Waals surface area contributed by atoms with Crippen LogP contribution in [0.5, 0.6) is 0 Å². The minimum absolute atomic E-state index is 0.00111. The lowest BCUT2D eigenvalue weighted by Crippen LogP contribution is -2.03. The van der Waals surface area contributed by atoms with Crippen LogP contribution in [0.25, 0.3) is 5.76 Å². The average molecular weight is 591 g/mol. The first-order chi connectivity index (χ1) is 16.3. The fourth-order valence-electron chi connectivity index (χ4n) is 3.59. The lowest BCUT2D eigenvalue weighted by atomic mass is 10.1. The molecule has 0 fully saturated rings. The smallest absolute Gasteiger partial charge is 0.211 e. The predicted molar refractivity (Wildman–Crippen MR) is 134 cm³/mol. The molecule has 0 spiro atoms. The lowest BCUT2D eigenvalue weighted by molar-refractivity contribution is -0.244. The Kier molecular flexibility index (Phi) is 6.76. The highest BCUT2D eigenvalue weighted by Gasteiger charge is 2.39. The quantitative estimate of drug-likeness (QED) is 0.340. The van der Waals surface area contributed by atoms with Crippen molar-refractivity contribution in [1.82, 2.24) is 0 Å². The number of hydrogen-bond acceptors (Lipinski definition) is 6. The van der Waals surface area contributed by atoms with Crippen molar-refractivity contribution >= 4 is 77.6 Å². The molecule has 0 unspecified atom stereocenters. The van der Waals surface area contributed by atoms with Crippen LogP contribution in [0.4, 0.5) is 0 Å². The lowest BCUT2D eigenvalue weighted by Gasteiger charge is -2.09. The Morgan fingerprint density at radius 3 is 1.94 bits per heavy atom. The molecule has 2 aliphatic rings. The summed E-state index contributed by atoms with van der Waals surface area (Å²) in [6.07, 6.45) is 5.33. The van der Waals surface area contributed by atoms with E-state index in [1.807, 2.05) is 0 Å². The van der Waals surface area contributed by atoms with E-state index in [-0.39, 0.29) is 41.0 Å². The normalized spacial score (nSPS) is 19.6. The Morgan fingerprint density at radius 2 is 1.37 bits per heavy atom. The van der Waals surface area contributed by atoms with Gasteiger partial charge in [0.05, 0.1) is 34.8 Å². The van der Waals surface area contributed by atoms with Crippen molar-refractivity contribution in [3.63, 3.8) is 0 Å². The second-order valence-electron chi connectivity index (χ2n) is 7.51. The standard InChI is InChI=1S/C23H14Cl4O6S2/c1-2-11(3-5-18-22(28)12-7-14(24)16(26)9-20(12)34(18,30)31)4-6-19-23(29)13-8-15(25)17(27)10-21(13)35(19,32)33/h3-10,28H,2H2,1H3/p-1. The number of fused-ring (bicyclic) bond motifs is 2. The zero-order chi connectivity index (χ0) is 25.9. The third-order valence-corrected chi connectivity index (χ3v) is 10.5. The number of sulfone groups is 2. The molecule has 4 rings (SSSR count). The van der Waals surface area contributed by atoms with Crippen LogP contribution < -0.4 is 5.11 Å². The number of halogens is 4. The van der Waals surface area contributed by atoms with Gasteiger partial charge in [0.15, 0.2) is 0 Å². The molecule has 0 aliphatic carbocycles. The number of rotatable bonds is 4. The Morgan fingerprint density at radius 1 is 0.857 bits per heavy atom. The molecule has 35 heavy (non-hydrogen) atoms. The highest BCUT2D eigenvalue weighted by Crippen LogP contribution is 2.41. The van der Waals surface area contributed by atoms with Crippen LogP contribution in [0.1, 0.15) is 29.3 Å². The van der Waals surface area contributed by atoms with Crippen molar-refractivity contribution in [2.75, 3.05) is 0 Å². The van der Waals surface area contributed by atoms with Gasteiger partial charge in [0.25, 0.3) is 0 Å². The van der Waals surface area contributed by atoms with Crippen LogP contribution in [0, 0.1) is 0 Å². The van der Waals surface area contributed by atoms with E-state index in [0.717, 1.165) is 24.3 Å². The van der Waals surface area contributed by atoms with Crippen molar-refractivity contribution in [2.24, 2.45) is 0 Å². The first-order valence-electron chi connectivity index (χ1n) is 9.84. The van der Waals surface area contributed by atoms with E-state index in [9.17, 15) is 26.7 Å². The van der Waals surface area contributed by atoms with Gasteiger partial charge in [-0.1, -0.05) is 71.2 Å². The van der Waals surface area contributed by atoms with E-state index in [0.29, 0.717) is 12.0 Å². The highest BCUT2D eigenvalue weighted by molar-refractivity contribution is 7.97. The molecule has 6 nitrogen and oxygen atoms in total. The number of Topliss-reactive ketones (excluding diaryl/α,β-unsaturated/α-hetero) is 1. The second kappa shape index (κ2) is 9.10. The predicted octanol–water partition coefficient (Wildman–Crippen LogP) is 5.56. The molecule has 2 heterocycles. The van der Waals surface area contributed by atoms with Crippen LogP contribution in [-0.4, -0.2) is 22.6 Å². The van der Waals surface area contributed by atoms with Crippen LogP contribution in [0.2, 0.25) is 20.1 Å². The number of hydrogen-bond donors (Lipinski definition) is 0. The number of benzene rings is 2. The first-order valence-corrected chi connectivity index (χ1v) is 14.3. The largest absolute Gasteiger partial charge is 0.871 e. The van der Waals surface area contributed by atoms with Gasteiger partial charge in [-0.05, 0) is 54.0 Å². The third-order valence-electron chi connectivity index (χ3n) is 5.45. The van der Waals surface area contributed by atoms with E-state index < -0.39 is 41.0 Å². The van der Waals surface area contributed by atoms with Gasteiger partial charge < -0.3 is 5.11 Å². The number of carbonyl (C=O) groups excluding carboxylic acids is 1. The van der Waals surface area contributed by atoms with Crippen molar-refractivity contribution in [1.29, 1.82) is 0 Å². The maximum atomic E-state index is 12.8. The molecule has 0 N–H and O–H groups in total. The molecule has 0 radical (unpaired) electrons. The average Bonchev–Trinajstić information content (AvgIpc) is 3.08. The van der Waals surface area contributed by atoms with E-state index in [4.69, 9.17) is 46.4 Å². The third kappa shape index (κ3) is 4.26. The summed E-state index contributed by atoms with van der Waals surface area (Å²) < 4.78 is 51.4. The molecule has 2 aromatic rings. The summed E-state index contributed by atoms with van der Waals surface area (Å²) in [5, 5.41) is 12.8. The molecule has 0 amide bonds. The molecule has 0 saturated carbocycles. The number of ketones is 1. The number of allylic oxidation sites excluding steroid dienone is 6. The van der Waals surface area contributed by atoms with Gasteiger partial charge >= 0.3 is 0 Å². The molecule has 0 aromatic heterocycles. The SMILES string of the molecule is CCC(C=CC1=C([O-])c2cc(Cl)c(Cl)cc2S1(=O)=O)=CC=C1C(=O)c2cc(Cl)c(Cl)cc2S1(=O)=O. The first kappa shape index (κ1) is 26.0. The minimum atomic E-state index is -4.12. The Labute approximate surface area is 221 Å². The second-order valence-corrected chi connectivity index (χ2v) is 12.9. The Balaban J connectivity index is 1.72. The highest BCUT2D eigenvalue weighted by atomic mass is 35.5. The topological polar surface area (TPSA) is 108 Å². The molecule has 0 saturated heterocycles. The summed E-state index contributed by atoms with van der Waals surface area (Å²) in [4.78, 5) is 11.3. The molecule has 12 heteroatoms. The molecule has 182 valence electrons. The number of carbonyl (C=O) groups is 1. The summed E-state index contributed by atoms with van der Waals surface area (Å²) in [5.74, 6) is -1.47. The van der Waals surface area contributed by atoms with Crippen LogP contribution in [-0.2, 0) is 19.7 Å². The summed E-state index contributed by atoms with van der Waals surface area (Å²) in [6, 6.07) is 4.66. The zero-order valence-corrected chi connectivity index (χ0v) is 22.3. The van der Waals surface area contributed by atoms with Gasteiger partial charge in [0.1, 0.15) is 4.91 Å². The summed E-state index contributed by atoms with van der Waals surface area (Å²) >= 11 is 23.7. The monoisotopic (exact) mass is 589 g/mol. The molecule has 2 aliphatic heterocycles. The summed E-state index contributed by atoms with van der Waals surface area (Å²) in [5.41, 5.74) is 0.289. The Hall–Kier alpha value is -2.07. The van der Waals surface area contributed by atoms with Gasteiger partial charge in [-0.15, -0.1) is 0 Å². The van der Waals surface area contributed by atoms with Gasteiger partial charge in [0, 0.05) is 5.56 Å². The van der Waals surface area contributed by atoms with Gasteiger partial charge in [0.2, 0.25) is 25.5 Å². The molecular formula is C23H13Cl4O6S2-. The summed E-state index contributed by atoms with van der Waals surface area (Å²) in [7, 11) is -8.24. The Bertz CT molecular complexity index is 1660. The maximum Gasteiger partial charge on any atom is 0.211 e.